The predicted molar refractivity (Wildman–Crippen MR) is 71.2 cm³/mol. The molecule has 3 N–H and O–H groups in total. The van der Waals surface area contributed by atoms with Gasteiger partial charge >= 0.3 is 0 Å². The molecule has 18 heavy (non-hydrogen) atoms. The number of nitrogens with two attached hydrogens (primary N) is 1. The van der Waals surface area contributed by atoms with Gasteiger partial charge in [0.1, 0.15) is 11.6 Å². The van der Waals surface area contributed by atoms with E-state index in [-0.39, 0.29) is 23.2 Å². The SMILES string of the molecule is CC(C)(N)CS(=O)CC(=O)Nc1ccc(F)cc1. The maximum atomic E-state index is 12.6. The van der Waals surface area contributed by atoms with Gasteiger partial charge in [0.15, 0.2) is 0 Å². The third-order valence-corrected chi connectivity index (χ3v) is 3.60. The minimum absolute atomic E-state index is 0.113. The highest BCUT2D eigenvalue weighted by Gasteiger charge is 2.17. The van der Waals surface area contributed by atoms with E-state index < -0.39 is 16.3 Å². The number of anilines is 1. The number of rotatable bonds is 5. The van der Waals surface area contributed by atoms with Crippen molar-refractivity contribution in [2.45, 2.75) is 19.4 Å². The summed E-state index contributed by atoms with van der Waals surface area (Å²) < 4.78 is 24.3. The van der Waals surface area contributed by atoms with Crippen molar-refractivity contribution in [3.63, 3.8) is 0 Å². The van der Waals surface area contributed by atoms with Crippen molar-refractivity contribution in [3.05, 3.63) is 30.1 Å². The monoisotopic (exact) mass is 272 g/mol. The van der Waals surface area contributed by atoms with E-state index in [2.05, 4.69) is 5.32 Å². The first-order valence-electron chi connectivity index (χ1n) is 5.45. The summed E-state index contributed by atoms with van der Waals surface area (Å²) in [5.41, 5.74) is 5.62. The number of carbonyl (C=O) groups excluding carboxylic acids is 1. The van der Waals surface area contributed by atoms with Crippen molar-refractivity contribution in [1.82, 2.24) is 0 Å². The molecule has 1 atom stereocenters. The van der Waals surface area contributed by atoms with Crippen molar-refractivity contribution < 1.29 is 13.4 Å². The van der Waals surface area contributed by atoms with Crippen LogP contribution in [-0.2, 0) is 15.6 Å². The summed E-state index contributed by atoms with van der Waals surface area (Å²) in [5, 5.41) is 2.55. The van der Waals surface area contributed by atoms with E-state index >= 15 is 0 Å². The minimum atomic E-state index is -1.31. The maximum Gasteiger partial charge on any atom is 0.236 e. The maximum absolute atomic E-state index is 12.6. The van der Waals surface area contributed by atoms with E-state index in [4.69, 9.17) is 5.73 Å². The van der Waals surface area contributed by atoms with Crippen molar-refractivity contribution in [2.75, 3.05) is 16.8 Å². The second-order valence-corrected chi connectivity index (χ2v) is 6.23. The summed E-state index contributed by atoms with van der Waals surface area (Å²) in [6.07, 6.45) is 0. The average Bonchev–Trinajstić information content (AvgIpc) is 2.18. The van der Waals surface area contributed by atoms with E-state index in [1.54, 1.807) is 13.8 Å². The van der Waals surface area contributed by atoms with Crippen molar-refractivity contribution in [1.29, 1.82) is 0 Å². The van der Waals surface area contributed by atoms with Crippen molar-refractivity contribution in [2.24, 2.45) is 5.73 Å². The molecule has 100 valence electrons. The molecule has 1 unspecified atom stereocenters. The van der Waals surface area contributed by atoms with E-state index in [0.29, 0.717) is 5.69 Å². The van der Waals surface area contributed by atoms with Crippen LogP contribution in [0.4, 0.5) is 10.1 Å². The Kier molecular flexibility index (Phi) is 4.98. The predicted octanol–water partition coefficient (Wildman–Crippen LogP) is 1.25. The summed E-state index contributed by atoms with van der Waals surface area (Å²) in [7, 11) is -1.31. The van der Waals surface area contributed by atoms with Gasteiger partial charge in [0.05, 0.1) is 0 Å². The molecule has 1 aromatic carbocycles. The van der Waals surface area contributed by atoms with Crippen LogP contribution in [0.25, 0.3) is 0 Å². The number of hydrogen-bond acceptors (Lipinski definition) is 3. The van der Waals surface area contributed by atoms with E-state index in [9.17, 15) is 13.4 Å². The Morgan fingerprint density at radius 3 is 2.44 bits per heavy atom. The number of nitrogens with one attached hydrogen (secondary N) is 1. The largest absolute Gasteiger partial charge is 0.325 e. The molecule has 0 saturated heterocycles. The van der Waals surface area contributed by atoms with Crippen LogP contribution in [0.15, 0.2) is 24.3 Å². The molecule has 0 saturated carbocycles. The van der Waals surface area contributed by atoms with E-state index in [0.717, 1.165) is 0 Å². The average molecular weight is 272 g/mol. The number of amides is 1. The van der Waals surface area contributed by atoms with Gasteiger partial charge in [-0.25, -0.2) is 4.39 Å². The molecule has 0 spiro atoms. The molecular formula is C12H17FN2O2S. The molecule has 0 fully saturated rings. The fourth-order valence-corrected chi connectivity index (χ4v) is 2.64. The molecule has 0 aliphatic rings. The molecule has 0 bridgehead atoms. The molecule has 1 aromatic rings. The standard InChI is InChI=1S/C12H17FN2O2S/c1-12(2,14)8-18(17)7-11(16)15-10-5-3-9(13)4-6-10/h3-6H,7-8,14H2,1-2H3,(H,15,16). The van der Waals surface area contributed by atoms with Crippen molar-refractivity contribution >= 4 is 22.4 Å². The topological polar surface area (TPSA) is 72.2 Å². The van der Waals surface area contributed by atoms with Gasteiger partial charge in [0.25, 0.3) is 0 Å². The van der Waals surface area contributed by atoms with Crippen LogP contribution in [0.2, 0.25) is 0 Å². The number of carbonyl (C=O) groups is 1. The number of benzene rings is 1. The number of hydrogen-bond donors (Lipinski definition) is 2. The smallest absolute Gasteiger partial charge is 0.236 e. The quantitative estimate of drug-likeness (QED) is 0.847. The highest BCUT2D eigenvalue weighted by molar-refractivity contribution is 7.85. The first-order chi connectivity index (χ1) is 8.26. The van der Waals surface area contributed by atoms with Gasteiger partial charge in [0.2, 0.25) is 5.91 Å². The van der Waals surface area contributed by atoms with Gasteiger partial charge in [-0.15, -0.1) is 0 Å². The zero-order valence-electron chi connectivity index (χ0n) is 10.4. The highest BCUT2D eigenvalue weighted by Crippen LogP contribution is 2.08. The van der Waals surface area contributed by atoms with Crippen LogP contribution in [0.5, 0.6) is 0 Å². The summed E-state index contributed by atoms with van der Waals surface area (Å²) in [6.45, 7) is 3.51. The summed E-state index contributed by atoms with van der Waals surface area (Å²) in [4.78, 5) is 11.6. The number of halogens is 1. The van der Waals surface area contributed by atoms with E-state index in [1.165, 1.54) is 24.3 Å². The Morgan fingerprint density at radius 2 is 1.94 bits per heavy atom. The minimum Gasteiger partial charge on any atom is -0.325 e. The van der Waals surface area contributed by atoms with E-state index in [1.807, 2.05) is 0 Å². The van der Waals surface area contributed by atoms with Gasteiger partial charge < -0.3 is 11.1 Å². The van der Waals surface area contributed by atoms with Crippen LogP contribution in [-0.4, -0.2) is 27.2 Å². The van der Waals surface area contributed by atoms with Crippen LogP contribution in [0, 0.1) is 5.82 Å². The molecule has 4 nitrogen and oxygen atoms in total. The van der Waals surface area contributed by atoms with Crippen LogP contribution >= 0.6 is 0 Å². The zero-order chi connectivity index (χ0) is 13.8. The third-order valence-electron chi connectivity index (χ3n) is 1.95. The second-order valence-electron chi connectivity index (χ2n) is 4.77. The molecule has 0 aliphatic carbocycles. The van der Waals surface area contributed by atoms with Gasteiger partial charge in [-0.2, -0.15) is 0 Å². The Balaban J connectivity index is 2.47. The van der Waals surface area contributed by atoms with Gasteiger partial charge in [-0.05, 0) is 38.1 Å². The Hall–Kier alpha value is -1.27. The Morgan fingerprint density at radius 1 is 1.39 bits per heavy atom. The van der Waals surface area contributed by atoms with Crippen molar-refractivity contribution in [3.8, 4) is 0 Å². The first-order valence-corrected chi connectivity index (χ1v) is 6.94. The van der Waals surface area contributed by atoms with Gasteiger partial charge in [-0.1, -0.05) is 0 Å². The normalized spacial score (nSPS) is 13.1. The lowest BCUT2D eigenvalue weighted by Crippen LogP contribution is -2.39. The molecule has 0 aromatic heterocycles. The lowest BCUT2D eigenvalue weighted by Gasteiger charge is -2.17. The lowest BCUT2D eigenvalue weighted by molar-refractivity contribution is -0.113. The third kappa shape index (κ3) is 5.88. The highest BCUT2D eigenvalue weighted by atomic mass is 32.2. The molecule has 1 rings (SSSR count). The van der Waals surface area contributed by atoms with Crippen LogP contribution < -0.4 is 11.1 Å². The molecule has 1 amide bonds. The molecule has 0 radical (unpaired) electrons. The van der Waals surface area contributed by atoms with Gasteiger partial charge in [-0.3, -0.25) is 9.00 Å². The Bertz CT molecular complexity index is 440. The summed E-state index contributed by atoms with van der Waals surface area (Å²) in [6, 6.07) is 5.39. The molecule has 0 heterocycles. The van der Waals surface area contributed by atoms with Crippen LogP contribution in [0.1, 0.15) is 13.8 Å². The molecule has 6 heteroatoms. The lowest BCUT2D eigenvalue weighted by atomic mass is 10.1. The Labute approximate surface area is 108 Å². The first kappa shape index (κ1) is 14.8. The zero-order valence-corrected chi connectivity index (χ0v) is 11.2. The molecule has 0 aliphatic heterocycles. The second kappa shape index (κ2) is 6.06. The van der Waals surface area contributed by atoms with Gasteiger partial charge in [0, 0.05) is 27.8 Å². The summed E-state index contributed by atoms with van der Waals surface area (Å²) >= 11 is 0. The molecular weight excluding hydrogens is 255 g/mol. The van der Waals surface area contributed by atoms with Crippen LogP contribution in [0.3, 0.4) is 0 Å². The fraction of sp³-hybridized carbons (Fsp3) is 0.417. The summed E-state index contributed by atoms with van der Waals surface area (Å²) in [5.74, 6) is -0.604. The fourth-order valence-electron chi connectivity index (χ4n) is 1.34.